The summed E-state index contributed by atoms with van der Waals surface area (Å²) in [6.07, 6.45) is 13.7. The monoisotopic (exact) mass is 769 g/mol. The predicted molar refractivity (Wildman–Crippen MR) is 216 cm³/mol. The number of hydrogen-bond donors (Lipinski definition) is 8. The highest BCUT2D eigenvalue weighted by atomic mass is 31.2. The quantitative estimate of drug-likeness (QED) is 0.0208. The molecule has 0 fully saturated rings. The summed E-state index contributed by atoms with van der Waals surface area (Å²) in [6, 6.07) is 0.647. The Hall–Kier alpha value is -0.760. The Bertz CT molecular complexity index is 722. The van der Waals surface area contributed by atoms with E-state index in [1.165, 1.54) is 27.6 Å². The van der Waals surface area contributed by atoms with Crippen LogP contribution in [0.15, 0.2) is 12.7 Å². The van der Waals surface area contributed by atoms with Gasteiger partial charge in [0.2, 0.25) is 2.86 Å². The topological polar surface area (TPSA) is 206 Å². The summed E-state index contributed by atoms with van der Waals surface area (Å²) >= 11 is 0. The van der Waals surface area contributed by atoms with Crippen LogP contribution in [0.5, 0.6) is 0 Å². The molecule has 0 aliphatic heterocycles. The van der Waals surface area contributed by atoms with Gasteiger partial charge in [-0.2, -0.15) is 0 Å². The molecule has 1 unspecified atom stereocenters. The molecule has 0 bridgehead atoms. The van der Waals surface area contributed by atoms with Gasteiger partial charge in [0.1, 0.15) is 0 Å². The Morgan fingerprint density at radius 1 is 0.824 bits per heavy atom. The Kier molecular flexibility index (Phi) is 48.5. The van der Waals surface area contributed by atoms with E-state index < -0.39 is 32.8 Å². The number of hydrogen-bond acceptors (Lipinski definition) is 11. The van der Waals surface area contributed by atoms with E-state index in [4.69, 9.17) is 45.9 Å². The van der Waals surface area contributed by atoms with Crippen LogP contribution in [-0.2, 0) is 13.8 Å². The number of unbranched alkanes of at least 4 members (excludes halogenated alkanes) is 7. The fourth-order valence-corrected chi connectivity index (χ4v) is 5.91. The number of aliphatic carboxylic acids is 1. The molecule has 314 valence electrons. The fraction of sp³-hybridized carbons (Fsp3) is 0.921. The minimum absolute atomic E-state index is 0.0935. The molecule has 0 amide bonds. The number of nitrogens with two attached hydrogens (primary N) is 1. The molecule has 0 aromatic heterocycles. The van der Waals surface area contributed by atoms with Crippen molar-refractivity contribution in [2.75, 3.05) is 33.0 Å². The molecule has 0 aliphatic carbocycles. The van der Waals surface area contributed by atoms with Gasteiger partial charge >= 0.3 is 5.97 Å². The van der Waals surface area contributed by atoms with Crippen molar-refractivity contribution in [3.05, 3.63) is 12.7 Å². The first-order valence-corrected chi connectivity index (χ1v) is 19.6. The fourth-order valence-electron chi connectivity index (χ4n) is 4.20. The van der Waals surface area contributed by atoms with Gasteiger partial charge in [-0.3, -0.25) is 0 Å². The molecule has 5 atom stereocenters. The summed E-state index contributed by atoms with van der Waals surface area (Å²) in [5.41, 5.74) is 5.16. The number of rotatable bonds is 30. The van der Waals surface area contributed by atoms with Crippen molar-refractivity contribution in [3.63, 3.8) is 0 Å². The van der Waals surface area contributed by atoms with Gasteiger partial charge in [0.05, 0.1) is 44.7 Å². The number of carbonyl (C=O) groups is 1. The molecule has 0 heterocycles. The standard InChI is InChI=1S/C16H34NO3P.2C7H16O2.C6H13NO3.2CH4/c1-7-9-10-11-16(13-18)20-21(19-12-8-2)17(14(3)4)15(5)6;2*1-2-3-4-5-7(9)6-8;7-4-2-1-3-5(8)6(9)10;;/h8,14-16,18H,2,7,9-13H2,1,3-6H3;2*7-9H,2-6H2,1H3;5,8H,1-4,7H2,(H,9,10);2*1H4/t16-,21?;2*7-;5-;;/m0000../s1/i18D;8D;;;2*1T. The molecule has 0 rings (SSSR count). The highest BCUT2D eigenvalue weighted by Crippen LogP contribution is 2.47. The van der Waals surface area contributed by atoms with Gasteiger partial charge in [0.25, 0.3) is 8.53 Å². The predicted octanol–water partition coefficient (Wildman–Crippen LogP) is 7.17. The zero-order valence-corrected chi connectivity index (χ0v) is 35.0. The van der Waals surface area contributed by atoms with E-state index in [0.717, 1.165) is 70.6 Å². The van der Waals surface area contributed by atoms with Crippen LogP contribution in [0.25, 0.3) is 0 Å². The van der Waals surface area contributed by atoms with Gasteiger partial charge in [0, 0.05) is 14.8 Å². The molecule has 0 aliphatic rings. The van der Waals surface area contributed by atoms with Crippen molar-refractivity contribution in [2.24, 2.45) is 5.73 Å². The molecular weight excluding hydrogens is 675 g/mol. The van der Waals surface area contributed by atoms with Crippen LogP contribution < -0.4 is 5.73 Å². The zero-order valence-electron chi connectivity index (χ0n) is 38.1. The van der Waals surface area contributed by atoms with E-state index in [-0.39, 0.29) is 25.9 Å². The lowest BCUT2D eigenvalue weighted by molar-refractivity contribution is -0.146. The van der Waals surface area contributed by atoms with Crippen LogP contribution in [-0.4, -0.2) is 119 Å². The summed E-state index contributed by atoms with van der Waals surface area (Å²) in [5, 5.41) is 51.8. The van der Waals surface area contributed by atoms with Gasteiger partial charge in [0.15, 0.2) is 6.10 Å². The van der Waals surface area contributed by atoms with E-state index in [9.17, 15) is 4.79 Å². The largest absolute Gasteiger partial charge is 0.479 e. The maximum Gasteiger partial charge on any atom is 0.332 e. The molecule has 0 radical (unpaired) electrons. The van der Waals surface area contributed by atoms with E-state index in [2.05, 4.69) is 69.9 Å². The molecular formula is C38H87N2O10P. The van der Waals surface area contributed by atoms with Crippen molar-refractivity contribution in [2.45, 2.75) is 196 Å². The van der Waals surface area contributed by atoms with E-state index in [1.807, 2.05) is 0 Å². The minimum Gasteiger partial charge on any atom is -0.479 e. The second kappa shape index (κ2) is 47.3. The molecule has 51 heavy (non-hydrogen) atoms. The van der Waals surface area contributed by atoms with Crippen LogP contribution >= 0.6 is 8.53 Å². The number of carboxylic acid groups (broad SMARTS) is 1. The normalized spacial score (nSPS) is 14.3. The lowest BCUT2D eigenvalue weighted by Gasteiger charge is -2.37. The SMILES string of the molecule is CCCCC[C@H](O)CO.NCCCC[C@H](O)C(=O)O.[2H]OC[C@@H](O)CCCCC.[2H]OC[C@H](CCCCC)OP(OCC=C)N(C(C)C)C(C)C.[3H]C.[3H]C. The van der Waals surface area contributed by atoms with E-state index in [0.29, 0.717) is 38.1 Å². The van der Waals surface area contributed by atoms with Gasteiger partial charge in [-0.25, -0.2) is 9.46 Å². The molecule has 9 N–H and O–H groups in total. The van der Waals surface area contributed by atoms with Gasteiger partial charge in [-0.1, -0.05) is 99.4 Å². The van der Waals surface area contributed by atoms with Crippen LogP contribution in [0.4, 0.5) is 0 Å². The van der Waals surface area contributed by atoms with Crippen LogP contribution in [0.2, 0.25) is 0 Å². The van der Waals surface area contributed by atoms with Crippen molar-refractivity contribution < 1.29 is 52.3 Å². The lowest BCUT2D eigenvalue weighted by atomic mass is 10.1. The van der Waals surface area contributed by atoms with Crippen LogP contribution in [0, 0.1) is 0 Å². The first-order valence-electron chi connectivity index (χ1n) is 21.3. The molecule has 0 aromatic rings. The summed E-state index contributed by atoms with van der Waals surface area (Å²) in [7, 11) is 1.32. The Morgan fingerprint density at radius 2 is 1.27 bits per heavy atom. The molecule has 0 spiro atoms. The highest BCUT2D eigenvalue weighted by Gasteiger charge is 2.29. The van der Waals surface area contributed by atoms with Gasteiger partial charge in [-0.15, -0.1) is 6.58 Å². The van der Waals surface area contributed by atoms with Gasteiger partial charge < -0.3 is 50.5 Å². The first kappa shape index (κ1) is 52.3. The van der Waals surface area contributed by atoms with Gasteiger partial charge in [-0.05, 0) is 72.8 Å². The summed E-state index contributed by atoms with van der Waals surface area (Å²) in [5.74, 6) is -1.16. The molecule has 0 aromatic carbocycles. The minimum atomic E-state index is -1.22. The summed E-state index contributed by atoms with van der Waals surface area (Å²) in [4.78, 5) is 10.0. The Labute approximate surface area is 321 Å². The van der Waals surface area contributed by atoms with Crippen LogP contribution in [0.1, 0.15) is 162 Å². The third kappa shape index (κ3) is 45.3. The third-order valence-electron chi connectivity index (χ3n) is 7.01. The average molecular weight is 769 g/mol. The maximum absolute atomic E-state index is 10.0. The zero-order chi connectivity index (χ0) is 43.9. The summed E-state index contributed by atoms with van der Waals surface area (Å²) < 4.78 is 39.2. The molecule has 0 saturated heterocycles. The first-order chi connectivity index (χ1) is 26.3. The lowest BCUT2D eigenvalue weighted by Crippen LogP contribution is -2.35. The van der Waals surface area contributed by atoms with Crippen LogP contribution in [0.3, 0.4) is 0 Å². The van der Waals surface area contributed by atoms with Crippen molar-refractivity contribution >= 4 is 14.5 Å². The van der Waals surface area contributed by atoms with E-state index >= 15 is 0 Å². The van der Waals surface area contributed by atoms with Crippen molar-refractivity contribution in [3.8, 4) is 0 Å². The third-order valence-corrected chi connectivity index (χ3v) is 9.16. The van der Waals surface area contributed by atoms with Crippen molar-refractivity contribution in [1.82, 2.24) is 4.67 Å². The molecule has 0 saturated carbocycles. The Morgan fingerprint density at radius 3 is 1.65 bits per heavy atom. The average Bonchev–Trinajstić information content (AvgIpc) is 3.16. The number of aliphatic hydroxyl groups excluding tert-OH is 6. The second-order valence-corrected chi connectivity index (χ2v) is 14.0. The number of nitrogens with zero attached hydrogens (tertiary/aromatic N) is 1. The Balaban J connectivity index is -0.000000153. The molecule has 12 nitrogen and oxygen atoms in total. The summed E-state index contributed by atoms with van der Waals surface area (Å²) in [6.45, 7) is 20.0. The van der Waals surface area contributed by atoms with Crippen molar-refractivity contribution in [1.29, 1.82) is 2.86 Å². The second-order valence-electron chi connectivity index (χ2n) is 12.6. The maximum atomic E-state index is 10.0. The number of carboxylic acids is 1. The van der Waals surface area contributed by atoms with E-state index in [1.54, 1.807) is 6.08 Å². The number of aliphatic hydroxyl groups is 6. The highest BCUT2D eigenvalue weighted by molar-refractivity contribution is 7.44. The smallest absolute Gasteiger partial charge is 0.332 e. The molecule has 13 heteroatoms.